The molecule has 0 spiro atoms. The lowest BCUT2D eigenvalue weighted by Crippen LogP contribution is -2.45. The zero-order valence-electron chi connectivity index (χ0n) is 13.9. The Hall–Kier alpha value is 0.270. The summed E-state index contributed by atoms with van der Waals surface area (Å²) >= 11 is 4.73. The van der Waals surface area contributed by atoms with E-state index in [9.17, 15) is 0 Å². The summed E-state index contributed by atoms with van der Waals surface area (Å²) in [4.78, 5) is 2.69. The zero-order valence-corrected chi connectivity index (χ0v) is 14.8. The molecule has 0 aromatic rings. The van der Waals surface area contributed by atoms with Gasteiger partial charge in [-0.1, -0.05) is 39.5 Å². The molecule has 0 radical (unpaired) electrons. The molecule has 0 aromatic heterocycles. The maximum absolute atomic E-state index is 5.33. The summed E-state index contributed by atoms with van der Waals surface area (Å²) in [5.41, 5.74) is 0.440. The maximum atomic E-state index is 5.33. The molecule has 0 bridgehead atoms. The first-order valence-corrected chi connectivity index (χ1v) is 9.18. The Morgan fingerprint density at radius 3 is 2.15 bits per heavy atom. The van der Waals surface area contributed by atoms with Crippen molar-refractivity contribution >= 4 is 12.6 Å². The van der Waals surface area contributed by atoms with Crippen molar-refractivity contribution in [3.63, 3.8) is 0 Å². The standard InChI is InChI=1S/C17H35NOS/c1-4-16(5-2)18(12-13-19-3)14-17(15-20)10-8-6-7-9-11-17/h16,20H,4-15H2,1-3H3. The van der Waals surface area contributed by atoms with Crippen LogP contribution in [0, 0.1) is 5.41 Å². The molecule has 0 heterocycles. The van der Waals surface area contributed by atoms with E-state index in [1.807, 2.05) is 7.11 Å². The van der Waals surface area contributed by atoms with Crippen molar-refractivity contribution in [3.8, 4) is 0 Å². The molecular formula is C17H35NOS. The molecule has 2 nitrogen and oxygen atoms in total. The summed E-state index contributed by atoms with van der Waals surface area (Å²) in [6, 6.07) is 0.699. The minimum Gasteiger partial charge on any atom is -0.383 e. The van der Waals surface area contributed by atoms with Gasteiger partial charge in [-0.25, -0.2) is 0 Å². The molecular weight excluding hydrogens is 266 g/mol. The predicted molar refractivity (Wildman–Crippen MR) is 91.8 cm³/mol. The molecule has 1 aliphatic rings. The first-order valence-electron chi connectivity index (χ1n) is 8.55. The summed E-state index contributed by atoms with van der Waals surface area (Å²) in [6.07, 6.45) is 10.8. The molecule has 20 heavy (non-hydrogen) atoms. The summed E-state index contributed by atoms with van der Waals surface area (Å²) < 4.78 is 5.33. The van der Waals surface area contributed by atoms with Crippen LogP contribution in [0.25, 0.3) is 0 Å². The second-order valence-electron chi connectivity index (χ2n) is 6.51. The van der Waals surface area contributed by atoms with Gasteiger partial charge in [0.1, 0.15) is 0 Å². The largest absolute Gasteiger partial charge is 0.383 e. The molecule has 0 amide bonds. The van der Waals surface area contributed by atoms with E-state index in [1.165, 1.54) is 57.9 Å². The van der Waals surface area contributed by atoms with Crippen molar-refractivity contribution in [2.75, 3.05) is 32.6 Å². The molecule has 1 rings (SSSR count). The van der Waals surface area contributed by atoms with Crippen LogP contribution in [-0.4, -0.2) is 43.5 Å². The fraction of sp³-hybridized carbons (Fsp3) is 1.00. The summed E-state index contributed by atoms with van der Waals surface area (Å²) in [6.45, 7) is 7.76. The highest BCUT2D eigenvalue weighted by Crippen LogP contribution is 2.37. The Kier molecular flexibility index (Phi) is 9.23. The minimum atomic E-state index is 0.440. The Labute approximate surface area is 132 Å². The lowest BCUT2D eigenvalue weighted by Gasteiger charge is -2.40. The third kappa shape index (κ3) is 5.57. The molecule has 0 aliphatic heterocycles. The Morgan fingerprint density at radius 1 is 1.10 bits per heavy atom. The normalized spacial score (nSPS) is 19.5. The molecule has 1 saturated carbocycles. The van der Waals surface area contributed by atoms with Gasteiger partial charge in [0.15, 0.2) is 0 Å². The summed E-state index contributed by atoms with van der Waals surface area (Å²) in [5, 5.41) is 0. The van der Waals surface area contributed by atoms with Gasteiger partial charge in [-0.3, -0.25) is 4.90 Å². The third-order valence-corrected chi connectivity index (χ3v) is 5.75. The quantitative estimate of drug-likeness (QED) is 0.501. The van der Waals surface area contributed by atoms with E-state index >= 15 is 0 Å². The van der Waals surface area contributed by atoms with Crippen molar-refractivity contribution < 1.29 is 4.74 Å². The van der Waals surface area contributed by atoms with Gasteiger partial charge >= 0.3 is 0 Å². The number of hydrogen-bond donors (Lipinski definition) is 1. The monoisotopic (exact) mass is 301 g/mol. The Bertz CT molecular complexity index is 235. The van der Waals surface area contributed by atoms with Gasteiger partial charge in [0, 0.05) is 26.2 Å². The van der Waals surface area contributed by atoms with Crippen LogP contribution in [0.4, 0.5) is 0 Å². The van der Waals surface area contributed by atoms with E-state index in [0.29, 0.717) is 11.5 Å². The molecule has 1 aliphatic carbocycles. The second kappa shape index (κ2) is 10.1. The van der Waals surface area contributed by atoms with Crippen LogP contribution < -0.4 is 0 Å². The van der Waals surface area contributed by atoms with Crippen LogP contribution in [0.1, 0.15) is 65.2 Å². The van der Waals surface area contributed by atoms with Gasteiger partial charge in [0.25, 0.3) is 0 Å². The SMILES string of the molecule is CCC(CC)N(CCOC)CC1(CS)CCCCCC1. The highest BCUT2D eigenvalue weighted by molar-refractivity contribution is 7.80. The van der Waals surface area contributed by atoms with E-state index in [1.54, 1.807) is 0 Å². The predicted octanol–water partition coefficient (Wildman–Crippen LogP) is 4.39. The van der Waals surface area contributed by atoms with Crippen molar-refractivity contribution in [2.45, 2.75) is 71.3 Å². The highest BCUT2D eigenvalue weighted by Gasteiger charge is 2.33. The Morgan fingerprint density at radius 2 is 1.70 bits per heavy atom. The second-order valence-corrected chi connectivity index (χ2v) is 6.82. The molecule has 0 aromatic carbocycles. The molecule has 0 N–H and O–H groups in total. The van der Waals surface area contributed by atoms with Crippen molar-refractivity contribution in [3.05, 3.63) is 0 Å². The van der Waals surface area contributed by atoms with E-state index in [0.717, 1.165) is 18.9 Å². The summed E-state index contributed by atoms with van der Waals surface area (Å²) in [7, 11) is 1.81. The zero-order chi connectivity index (χ0) is 14.8. The minimum absolute atomic E-state index is 0.440. The molecule has 0 atom stereocenters. The van der Waals surface area contributed by atoms with E-state index < -0.39 is 0 Å². The average Bonchev–Trinajstić information content (AvgIpc) is 2.72. The highest BCUT2D eigenvalue weighted by atomic mass is 32.1. The van der Waals surface area contributed by atoms with E-state index in [4.69, 9.17) is 17.4 Å². The first kappa shape index (κ1) is 18.3. The topological polar surface area (TPSA) is 12.5 Å². The van der Waals surface area contributed by atoms with Gasteiger partial charge in [-0.15, -0.1) is 0 Å². The van der Waals surface area contributed by atoms with Crippen LogP contribution in [0.15, 0.2) is 0 Å². The van der Waals surface area contributed by atoms with Crippen LogP contribution >= 0.6 is 12.6 Å². The number of nitrogens with zero attached hydrogens (tertiary/aromatic N) is 1. The maximum Gasteiger partial charge on any atom is 0.0589 e. The fourth-order valence-corrected chi connectivity index (χ4v) is 4.10. The number of hydrogen-bond acceptors (Lipinski definition) is 3. The van der Waals surface area contributed by atoms with Gasteiger partial charge in [-0.2, -0.15) is 12.6 Å². The molecule has 0 unspecified atom stereocenters. The fourth-order valence-electron chi connectivity index (χ4n) is 3.68. The average molecular weight is 302 g/mol. The van der Waals surface area contributed by atoms with E-state index in [2.05, 4.69) is 18.7 Å². The van der Waals surface area contributed by atoms with Gasteiger partial charge in [0.05, 0.1) is 6.61 Å². The van der Waals surface area contributed by atoms with Crippen molar-refractivity contribution in [1.29, 1.82) is 0 Å². The van der Waals surface area contributed by atoms with E-state index in [-0.39, 0.29) is 0 Å². The molecule has 1 fully saturated rings. The molecule has 3 heteroatoms. The van der Waals surface area contributed by atoms with Crippen LogP contribution in [-0.2, 0) is 4.74 Å². The van der Waals surface area contributed by atoms with Gasteiger partial charge in [-0.05, 0) is 36.9 Å². The van der Waals surface area contributed by atoms with Crippen LogP contribution in [0.2, 0.25) is 0 Å². The number of ether oxygens (including phenoxy) is 1. The first-order chi connectivity index (χ1) is 9.71. The van der Waals surface area contributed by atoms with Crippen LogP contribution in [0.3, 0.4) is 0 Å². The Balaban J connectivity index is 2.72. The number of rotatable bonds is 9. The lowest BCUT2D eigenvalue weighted by atomic mass is 9.81. The van der Waals surface area contributed by atoms with Crippen molar-refractivity contribution in [1.82, 2.24) is 4.90 Å². The molecule has 120 valence electrons. The molecule has 0 saturated heterocycles. The smallest absolute Gasteiger partial charge is 0.0589 e. The number of thiol groups is 1. The summed E-state index contributed by atoms with van der Waals surface area (Å²) in [5.74, 6) is 1.04. The third-order valence-electron chi connectivity index (χ3n) is 5.08. The number of methoxy groups -OCH3 is 1. The lowest BCUT2D eigenvalue weighted by molar-refractivity contribution is 0.0717. The van der Waals surface area contributed by atoms with Gasteiger partial charge in [0.2, 0.25) is 0 Å². The van der Waals surface area contributed by atoms with Crippen molar-refractivity contribution in [2.24, 2.45) is 5.41 Å². The van der Waals surface area contributed by atoms with Crippen LogP contribution in [0.5, 0.6) is 0 Å². The van der Waals surface area contributed by atoms with Gasteiger partial charge < -0.3 is 4.74 Å².